The van der Waals surface area contributed by atoms with Crippen molar-refractivity contribution < 1.29 is 39.5 Å². The average molecular weight is 348 g/mol. The minimum atomic E-state index is -6.21. The Bertz CT molecular complexity index is 494. The predicted octanol–water partition coefficient (Wildman–Crippen LogP) is 4.46. The van der Waals surface area contributed by atoms with Crippen molar-refractivity contribution in [2.45, 2.75) is 24.3 Å². The molecule has 0 fully saturated rings. The molecular weight excluding hydrogens is 341 g/mol. The van der Waals surface area contributed by atoms with Gasteiger partial charge >= 0.3 is 18.3 Å². The van der Waals surface area contributed by atoms with Crippen molar-refractivity contribution in [3.05, 3.63) is 35.1 Å². The van der Waals surface area contributed by atoms with E-state index in [0.717, 1.165) is 0 Å². The Morgan fingerprint density at radius 3 is 1.76 bits per heavy atom. The van der Waals surface area contributed by atoms with Crippen LogP contribution in [0.3, 0.4) is 0 Å². The van der Waals surface area contributed by atoms with Crippen LogP contribution in [0.4, 0.5) is 39.5 Å². The van der Waals surface area contributed by atoms with Crippen LogP contribution in [0.5, 0.6) is 0 Å². The van der Waals surface area contributed by atoms with Crippen LogP contribution in [0, 0.1) is 5.82 Å². The fourth-order valence-corrected chi connectivity index (χ4v) is 1.46. The van der Waals surface area contributed by atoms with Crippen LogP contribution in [0.1, 0.15) is 17.2 Å². The van der Waals surface area contributed by atoms with E-state index in [1.807, 2.05) is 0 Å². The Balaban J connectivity index is 0.00000400. The molecule has 0 bridgehead atoms. The zero-order chi connectivity index (χ0) is 15.9. The molecule has 1 atom stereocenters. The highest BCUT2D eigenvalue weighted by atomic mass is 35.5. The minimum absolute atomic E-state index is 0. The maximum absolute atomic E-state index is 13.3. The van der Waals surface area contributed by atoms with E-state index in [4.69, 9.17) is 0 Å². The molecule has 1 aromatic rings. The Hall–Kier alpha value is -1.16. The number of rotatable bonds is 2. The largest absolute Gasteiger partial charge is 0.455 e. The molecule has 0 aliphatic heterocycles. The van der Waals surface area contributed by atoms with Crippen molar-refractivity contribution in [2.24, 2.45) is 5.73 Å². The fraction of sp³-hybridized carbons (Fsp3) is 0.400. The van der Waals surface area contributed by atoms with Crippen LogP contribution in [0.25, 0.3) is 0 Å². The van der Waals surface area contributed by atoms with Crippen LogP contribution in [-0.2, 0) is 6.18 Å². The molecule has 0 spiro atoms. The van der Waals surface area contributed by atoms with Gasteiger partial charge in [-0.05, 0) is 12.1 Å². The maximum Gasteiger partial charge on any atom is 0.455 e. The Labute approximate surface area is 118 Å². The van der Waals surface area contributed by atoms with Gasteiger partial charge in [0.2, 0.25) is 0 Å². The van der Waals surface area contributed by atoms with Crippen molar-refractivity contribution in [2.75, 3.05) is 0 Å². The SMILES string of the molecule is Cl.N[C@@H](c1c(F)cccc1C(F)(F)F)C(F)(F)C(F)(F)F. The van der Waals surface area contributed by atoms with Gasteiger partial charge in [-0.25, -0.2) is 4.39 Å². The summed E-state index contributed by atoms with van der Waals surface area (Å²) in [5.41, 5.74) is 0.641. The first-order chi connectivity index (χ1) is 8.80. The van der Waals surface area contributed by atoms with E-state index in [0.29, 0.717) is 12.1 Å². The lowest BCUT2D eigenvalue weighted by Gasteiger charge is -2.28. The van der Waals surface area contributed by atoms with Gasteiger partial charge in [0.1, 0.15) is 11.9 Å². The molecule has 0 heterocycles. The summed E-state index contributed by atoms with van der Waals surface area (Å²) in [5.74, 6) is -7.61. The molecule has 0 saturated carbocycles. The summed E-state index contributed by atoms with van der Waals surface area (Å²) >= 11 is 0. The lowest BCUT2D eigenvalue weighted by Crippen LogP contribution is -2.46. The summed E-state index contributed by atoms with van der Waals surface area (Å²) in [6.07, 6.45) is -11.5. The van der Waals surface area contributed by atoms with Crippen LogP contribution >= 0.6 is 12.4 Å². The molecule has 122 valence electrons. The summed E-state index contributed by atoms with van der Waals surface area (Å²) < 4.78 is 113. The number of alkyl halides is 8. The molecule has 1 aromatic carbocycles. The van der Waals surface area contributed by atoms with Crippen molar-refractivity contribution in [3.8, 4) is 0 Å². The zero-order valence-electron chi connectivity index (χ0n) is 9.70. The van der Waals surface area contributed by atoms with Gasteiger partial charge in [-0.15, -0.1) is 12.4 Å². The molecular formula is C10H7ClF9N. The Morgan fingerprint density at radius 1 is 0.905 bits per heavy atom. The van der Waals surface area contributed by atoms with Crippen molar-refractivity contribution in [1.82, 2.24) is 0 Å². The molecule has 0 aliphatic rings. The van der Waals surface area contributed by atoms with Gasteiger partial charge in [0.25, 0.3) is 0 Å². The zero-order valence-corrected chi connectivity index (χ0v) is 10.5. The van der Waals surface area contributed by atoms with Gasteiger partial charge in [0, 0.05) is 5.56 Å². The smallest absolute Gasteiger partial charge is 0.319 e. The first-order valence-electron chi connectivity index (χ1n) is 4.86. The molecule has 0 saturated heterocycles. The third kappa shape index (κ3) is 3.73. The van der Waals surface area contributed by atoms with Crippen molar-refractivity contribution >= 4 is 12.4 Å². The minimum Gasteiger partial charge on any atom is -0.319 e. The predicted molar refractivity (Wildman–Crippen MR) is 56.6 cm³/mol. The third-order valence-electron chi connectivity index (χ3n) is 2.44. The highest BCUT2D eigenvalue weighted by molar-refractivity contribution is 5.85. The number of hydrogen-bond acceptors (Lipinski definition) is 1. The molecule has 0 radical (unpaired) electrons. The van der Waals surface area contributed by atoms with Gasteiger partial charge in [0.05, 0.1) is 5.56 Å². The van der Waals surface area contributed by atoms with Gasteiger partial charge in [-0.3, -0.25) is 0 Å². The van der Waals surface area contributed by atoms with Gasteiger partial charge in [-0.2, -0.15) is 35.1 Å². The molecule has 2 N–H and O–H groups in total. The first kappa shape index (κ1) is 19.8. The van der Waals surface area contributed by atoms with E-state index in [9.17, 15) is 39.5 Å². The second-order valence-corrected chi connectivity index (χ2v) is 3.80. The van der Waals surface area contributed by atoms with E-state index in [1.165, 1.54) is 0 Å². The van der Waals surface area contributed by atoms with Crippen molar-refractivity contribution in [3.63, 3.8) is 0 Å². The summed E-state index contributed by atoms with van der Waals surface area (Å²) in [6, 6.07) is -2.50. The van der Waals surface area contributed by atoms with E-state index < -0.39 is 41.3 Å². The quantitative estimate of drug-likeness (QED) is 0.785. The van der Waals surface area contributed by atoms with E-state index in [-0.39, 0.29) is 18.5 Å². The van der Waals surface area contributed by atoms with Crippen LogP contribution in [0.2, 0.25) is 0 Å². The Morgan fingerprint density at radius 2 is 1.38 bits per heavy atom. The summed E-state index contributed by atoms with van der Waals surface area (Å²) in [7, 11) is 0. The third-order valence-corrected chi connectivity index (χ3v) is 2.44. The first-order valence-corrected chi connectivity index (χ1v) is 4.86. The topological polar surface area (TPSA) is 26.0 Å². The van der Waals surface area contributed by atoms with Crippen LogP contribution in [-0.4, -0.2) is 12.1 Å². The summed E-state index contributed by atoms with van der Waals surface area (Å²) in [6.45, 7) is 0. The van der Waals surface area contributed by atoms with Gasteiger partial charge < -0.3 is 5.73 Å². The molecule has 21 heavy (non-hydrogen) atoms. The summed E-state index contributed by atoms with van der Waals surface area (Å²) in [4.78, 5) is 0. The second kappa shape index (κ2) is 5.91. The molecule has 0 aromatic heterocycles. The molecule has 1 nitrogen and oxygen atoms in total. The molecule has 11 heteroatoms. The van der Waals surface area contributed by atoms with Crippen LogP contribution in [0.15, 0.2) is 18.2 Å². The second-order valence-electron chi connectivity index (χ2n) is 3.80. The number of nitrogens with two attached hydrogens (primary N) is 1. The van der Waals surface area contributed by atoms with E-state index in [2.05, 4.69) is 5.73 Å². The van der Waals surface area contributed by atoms with Gasteiger partial charge in [0.15, 0.2) is 0 Å². The highest BCUT2D eigenvalue weighted by Crippen LogP contribution is 2.46. The average Bonchev–Trinajstić information content (AvgIpc) is 2.24. The van der Waals surface area contributed by atoms with Crippen molar-refractivity contribution in [1.29, 1.82) is 0 Å². The molecule has 0 amide bonds. The summed E-state index contributed by atoms with van der Waals surface area (Å²) in [5, 5.41) is 0. The number of hydrogen-bond donors (Lipinski definition) is 1. The van der Waals surface area contributed by atoms with Gasteiger partial charge in [-0.1, -0.05) is 6.07 Å². The standard InChI is InChI=1S/C10H6F9N.ClH/c11-5-3-1-2-4(9(14,15)16)6(5)7(20)8(12,13)10(17,18)19;/h1-3,7H,20H2;1H/t7-;/m0./s1. The number of halogens is 10. The maximum atomic E-state index is 13.3. The molecule has 0 unspecified atom stereocenters. The highest BCUT2D eigenvalue weighted by Gasteiger charge is 2.63. The van der Waals surface area contributed by atoms with E-state index >= 15 is 0 Å². The Kier molecular flexibility index (Phi) is 5.59. The fourth-order valence-electron chi connectivity index (χ4n) is 1.46. The molecule has 0 aliphatic carbocycles. The monoisotopic (exact) mass is 347 g/mol. The van der Waals surface area contributed by atoms with Crippen LogP contribution < -0.4 is 5.73 Å². The lowest BCUT2D eigenvalue weighted by molar-refractivity contribution is -0.291. The molecule has 1 rings (SSSR count). The van der Waals surface area contributed by atoms with E-state index in [1.54, 1.807) is 0 Å². The number of benzene rings is 1. The normalized spacial score (nSPS) is 14.6. The lowest BCUT2D eigenvalue weighted by atomic mass is 9.95.